The monoisotopic (exact) mass is 290 g/mol. The standard InChI is InChI=1S/C16H22N2O3/c1-11(16(20)18-14-4-2-3-5-14)21-15(19)10-12-6-8-13(17)9-7-12/h6-9,11,14H,2-5,10,17H2,1H3,(H,18,20). The summed E-state index contributed by atoms with van der Waals surface area (Å²) in [6.07, 6.45) is 3.70. The van der Waals surface area contributed by atoms with Gasteiger partial charge in [0.15, 0.2) is 6.10 Å². The molecule has 0 saturated heterocycles. The van der Waals surface area contributed by atoms with Crippen molar-refractivity contribution in [2.24, 2.45) is 0 Å². The van der Waals surface area contributed by atoms with E-state index in [1.807, 2.05) is 0 Å². The molecule has 1 aromatic rings. The molecule has 1 atom stereocenters. The van der Waals surface area contributed by atoms with Crippen LogP contribution >= 0.6 is 0 Å². The van der Waals surface area contributed by atoms with Crippen LogP contribution in [0.2, 0.25) is 0 Å². The Hall–Kier alpha value is -2.04. The van der Waals surface area contributed by atoms with E-state index in [2.05, 4.69) is 5.32 Å². The SMILES string of the molecule is CC(OC(=O)Cc1ccc(N)cc1)C(=O)NC1CCCC1. The van der Waals surface area contributed by atoms with E-state index in [1.54, 1.807) is 31.2 Å². The van der Waals surface area contributed by atoms with Crippen LogP contribution in [0.25, 0.3) is 0 Å². The predicted octanol–water partition coefficient (Wildman–Crippen LogP) is 1.80. The van der Waals surface area contributed by atoms with E-state index in [4.69, 9.17) is 10.5 Å². The van der Waals surface area contributed by atoms with Crippen LogP contribution in [0, 0.1) is 0 Å². The molecule has 3 N–H and O–H groups in total. The van der Waals surface area contributed by atoms with Gasteiger partial charge >= 0.3 is 5.97 Å². The molecule has 1 aromatic carbocycles. The zero-order valence-electron chi connectivity index (χ0n) is 12.3. The number of nitrogens with one attached hydrogen (secondary N) is 1. The number of benzene rings is 1. The summed E-state index contributed by atoms with van der Waals surface area (Å²) in [6.45, 7) is 1.60. The topological polar surface area (TPSA) is 81.4 Å². The van der Waals surface area contributed by atoms with Crippen molar-refractivity contribution >= 4 is 17.6 Å². The maximum absolute atomic E-state index is 11.9. The number of rotatable bonds is 5. The molecule has 1 amide bonds. The average molecular weight is 290 g/mol. The molecule has 1 aliphatic carbocycles. The highest BCUT2D eigenvalue weighted by Gasteiger charge is 2.22. The number of esters is 1. The number of hydrogen-bond donors (Lipinski definition) is 2. The molecule has 21 heavy (non-hydrogen) atoms. The van der Waals surface area contributed by atoms with Crippen LogP contribution in [-0.2, 0) is 20.7 Å². The van der Waals surface area contributed by atoms with E-state index >= 15 is 0 Å². The van der Waals surface area contributed by atoms with Crippen molar-refractivity contribution < 1.29 is 14.3 Å². The van der Waals surface area contributed by atoms with Gasteiger partial charge in [-0.05, 0) is 37.5 Å². The van der Waals surface area contributed by atoms with Crippen molar-refractivity contribution in [2.45, 2.75) is 51.2 Å². The van der Waals surface area contributed by atoms with E-state index in [0.717, 1.165) is 31.2 Å². The summed E-state index contributed by atoms with van der Waals surface area (Å²) in [6, 6.07) is 7.26. The summed E-state index contributed by atoms with van der Waals surface area (Å²) in [5.74, 6) is -0.624. The Morgan fingerprint density at radius 1 is 1.29 bits per heavy atom. The minimum Gasteiger partial charge on any atom is -0.452 e. The maximum atomic E-state index is 11.9. The Labute approximate surface area is 124 Å². The number of ether oxygens (including phenoxy) is 1. The highest BCUT2D eigenvalue weighted by Crippen LogP contribution is 2.17. The van der Waals surface area contributed by atoms with E-state index in [0.29, 0.717) is 5.69 Å². The van der Waals surface area contributed by atoms with Crippen molar-refractivity contribution in [3.63, 3.8) is 0 Å². The van der Waals surface area contributed by atoms with Gasteiger partial charge in [-0.2, -0.15) is 0 Å². The molecule has 0 heterocycles. The molecular weight excluding hydrogens is 268 g/mol. The summed E-state index contributed by atoms with van der Waals surface area (Å²) < 4.78 is 5.17. The third kappa shape index (κ3) is 4.77. The molecule has 0 spiro atoms. The second-order valence-electron chi connectivity index (χ2n) is 5.54. The minimum atomic E-state index is -0.758. The van der Waals surface area contributed by atoms with Gasteiger partial charge in [0.05, 0.1) is 6.42 Å². The molecule has 114 valence electrons. The van der Waals surface area contributed by atoms with Crippen LogP contribution in [0.15, 0.2) is 24.3 Å². The highest BCUT2D eigenvalue weighted by atomic mass is 16.5. The number of amides is 1. The fourth-order valence-corrected chi connectivity index (χ4v) is 2.48. The van der Waals surface area contributed by atoms with Gasteiger partial charge in [-0.25, -0.2) is 0 Å². The van der Waals surface area contributed by atoms with E-state index in [9.17, 15) is 9.59 Å². The van der Waals surface area contributed by atoms with Crippen molar-refractivity contribution in [3.8, 4) is 0 Å². The summed E-state index contributed by atoms with van der Waals surface area (Å²) >= 11 is 0. The molecule has 0 aromatic heterocycles. The normalized spacial score (nSPS) is 16.4. The summed E-state index contributed by atoms with van der Waals surface area (Å²) in [7, 11) is 0. The summed E-state index contributed by atoms with van der Waals surface area (Å²) in [5, 5.41) is 2.92. The first kappa shape index (κ1) is 15.4. The number of carbonyl (C=O) groups excluding carboxylic acids is 2. The Balaban J connectivity index is 1.78. The molecule has 0 bridgehead atoms. The van der Waals surface area contributed by atoms with Gasteiger partial charge in [0.2, 0.25) is 0 Å². The quantitative estimate of drug-likeness (QED) is 0.640. The molecule has 0 radical (unpaired) electrons. The second-order valence-corrected chi connectivity index (χ2v) is 5.54. The fourth-order valence-electron chi connectivity index (χ4n) is 2.48. The van der Waals surface area contributed by atoms with Gasteiger partial charge < -0.3 is 15.8 Å². The van der Waals surface area contributed by atoms with Gasteiger partial charge in [0.25, 0.3) is 5.91 Å². The Morgan fingerprint density at radius 3 is 2.52 bits per heavy atom. The van der Waals surface area contributed by atoms with Crippen LogP contribution < -0.4 is 11.1 Å². The maximum Gasteiger partial charge on any atom is 0.311 e. The molecule has 1 aliphatic rings. The van der Waals surface area contributed by atoms with Gasteiger partial charge in [-0.3, -0.25) is 9.59 Å². The number of nitrogens with two attached hydrogens (primary N) is 1. The fraction of sp³-hybridized carbons (Fsp3) is 0.500. The average Bonchev–Trinajstić information content (AvgIpc) is 2.94. The molecule has 1 unspecified atom stereocenters. The van der Waals surface area contributed by atoms with Crippen molar-refractivity contribution in [1.82, 2.24) is 5.32 Å². The van der Waals surface area contributed by atoms with Crippen LogP contribution in [0.3, 0.4) is 0 Å². The van der Waals surface area contributed by atoms with Gasteiger partial charge in [0.1, 0.15) is 0 Å². The molecule has 5 nitrogen and oxygen atoms in total. The lowest BCUT2D eigenvalue weighted by Crippen LogP contribution is -2.41. The summed E-state index contributed by atoms with van der Waals surface area (Å²) in [4.78, 5) is 23.7. The predicted molar refractivity (Wildman–Crippen MR) is 80.5 cm³/mol. The Morgan fingerprint density at radius 2 is 1.90 bits per heavy atom. The first-order valence-electron chi connectivity index (χ1n) is 7.39. The van der Waals surface area contributed by atoms with Crippen LogP contribution in [0.1, 0.15) is 38.2 Å². The van der Waals surface area contributed by atoms with E-state index in [-0.39, 0.29) is 18.4 Å². The minimum absolute atomic E-state index is 0.140. The molecule has 0 aliphatic heterocycles. The van der Waals surface area contributed by atoms with Crippen molar-refractivity contribution in [3.05, 3.63) is 29.8 Å². The van der Waals surface area contributed by atoms with Crippen LogP contribution in [0.4, 0.5) is 5.69 Å². The number of nitrogen functional groups attached to an aromatic ring is 1. The van der Waals surface area contributed by atoms with Gasteiger partial charge in [-0.1, -0.05) is 25.0 Å². The third-order valence-corrected chi connectivity index (χ3v) is 3.71. The van der Waals surface area contributed by atoms with E-state index in [1.165, 1.54) is 0 Å². The lowest BCUT2D eigenvalue weighted by Gasteiger charge is -2.17. The molecule has 1 saturated carbocycles. The number of anilines is 1. The lowest BCUT2D eigenvalue weighted by molar-refractivity contribution is -0.154. The molecule has 1 fully saturated rings. The van der Waals surface area contributed by atoms with Gasteiger partial charge in [-0.15, -0.1) is 0 Å². The second kappa shape index (κ2) is 7.11. The Kier molecular flexibility index (Phi) is 5.20. The van der Waals surface area contributed by atoms with Gasteiger partial charge in [0, 0.05) is 11.7 Å². The molecule has 2 rings (SSSR count). The lowest BCUT2D eigenvalue weighted by atomic mass is 10.1. The molecular formula is C16H22N2O3. The first-order valence-corrected chi connectivity index (χ1v) is 7.39. The zero-order chi connectivity index (χ0) is 15.2. The summed E-state index contributed by atoms with van der Waals surface area (Å²) in [5.41, 5.74) is 7.05. The zero-order valence-corrected chi connectivity index (χ0v) is 12.3. The first-order chi connectivity index (χ1) is 10.0. The largest absolute Gasteiger partial charge is 0.452 e. The van der Waals surface area contributed by atoms with Crippen molar-refractivity contribution in [1.29, 1.82) is 0 Å². The highest BCUT2D eigenvalue weighted by molar-refractivity contribution is 5.84. The van der Waals surface area contributed by atoms with Crippen molar-refractivity contribution in [2.75, 3.05) is 5.73 Å². The van der Waals surface area contributed by atoms with E-state index < -0.39 is 12.1 Å². The van der Waals surface area contributed by atoms with Crippen LogP contribution in [-0.4, -0.2) is 24.0 Å². The molecule has 5 heteroatoms. The smallest absolute Gasteiger partial charge is 0.311 e. The number of carbonyl (C=O) groups is 2. The number of hydrogen-bond acceptors (Lipinski definition) is 4. The Bertz CT molecular complexity index is 493. The third-order valence-electron chi connectivity index (χ3n) is 3.71. The van der Waals surface area contributed by atoms with Crippen LogP contribution in [0.5, 0.6) is 0 Å².